The zero-order chi connectivity index (χ0) is 17.2. The van der Waals surface area contributed by atoms with Gasteiger partial charge in [-0.15, -0.1) is 0 Å². The van der Waals surface area contributed by atoms with Gasteiger partial charge in [-0.25, -0.2) is 4.98 Å². The van der Waals surface area contributed by atoms with Gasteiger partial charge in [0.05, 0.1) is 13.2 Å². The number of amides is 1. The van der Waals surface area contributed by atoms with Crippen molar-refractivity contribution in [2.45, 2.75) is 45.3 Å². The van der Waals surface area contributed by atoms with Crippen molar-refractivity contribution in [1.29, 1.82) is 0 Å². The van der Waals surface area contributed by atoms with Crippen LogP contribution in [-0.4, -0.2) is 50.0 Å². The van der Waals surface area contributed by atoms with Crippen LogP contribution >= 0.6 is 0 Å². The van der Waals surface area contributed by atoms with Crippen LogP contribution in [0.25, 0.3) is 0 Å². The average molecular weight is 334 g/mol. The van der Waals surface area contributed by atoms with Crippen LogP contribution in [0.1, 0.15) is 42.2 Å². The van der Waals surface area contributed by atoms with E-state index in [9.17, 15) is 4.79 Å². The molecule has 1 saturated heterocycles. The van der Waals surface area contributed by atoms with Crippen molar-refractivity contribution in [3.63, 3.8) is 0 Å². The zero-order valence-electron chi connectivity index (χ0n) is 14.6. The van der Waals surface area contributed by atoms with Crippen molar-refractivity contribution in [1.82, 2.24) is 10.3 Å². The van der Waals surface area contributed by atoms with Crippen molar-refractivity contribution in [2.75, 3.05) is 26.9 Å². The summed E-state index contributed by atoms with van der Waals surface area (Å²) in [6.07, 6.45) is 2.90. The topological polar surface area (TPSA) is 69.7 Å². The second-order valence-electron chi connectivity index (χ2n) is 6.56. The molecule has 1 aromatic heterocycles. The molecule has 0 unspecified atom stereocenters. The maximum absolute atomic E-state index is 12.7. The first-order chi connectivity index (χ1) is 11.6. The lowest BCUT2D eigenvalue weighted by atomic mass is 9.57. The van der Waals surface area contributed by atoms with Gasteiger partial charge < -0.3 is 19.5 Å². The highest BCUT2D eigenvalue weighted by Gasteiger charge is 2.56. The van der Waals surface area contributed by atoms with Gasteiger partial charge in [0, 0.05) is 37.0 Å². The monoisotopic (exact) mass is 334 g/mol. The van der Waals surface area contributed by atoms with Gasteiger partial charge in [0.15, 0.2) is 0 Å². The van der Waals surface area contributed by atoms with Gasteiger partial charge in [-0.3, -0.25) is 4.79 Å². The summed E-state index contributed by atoms with van der Waals surface area (Å²) in [6, 6.07) is 3.70. The summed E-state index contributed by atoms with van der Waals surface area (Å²) < 4.78 is 16.7. The van der Waals surface area contributed by atoms with E-state index < -0.39 is 0 Å². The number of methoxy groups -OCH3 is 1. The summed E-state index contributed by atoms with van der Waals surface area (Å²) in [4.78, 5) is 17.0. The third-order valence-electron chi connectivity index (χ3n) is 5.32. The fourth-order valence-electron chi connectivity index (χ4n) is 3.90. The molecule has 0 aromatic carbocycles. The van der Waals surface area contributed by atoms with Crippen LogP contribution < -0.4 is 10.1 Å². The van der Waals surface area contributed by atoms with E-state index in [0.29, 0.717) is 18.1 Å². The van der Waals surface area contributed by atoms with Gasteiger partial charge in [0.25, 0.3) is 5.91 Å². The summed E-state index contributed by atoms with van der Waals surface area (Å²) in [5, 5.41) is 3.18. The van der Waals surface area contributed by atoms with E-state index in [1.165, 1.54) is 7.11 Å². The minimum absolute atomic E-state index is 0.00468. The van der Waals surface area contributed by atoms with E-state index in [4.69, 9.17) is 14.2 Å². The first kappa shape index (κ1) is 17.2. The van der Waals surface area contributed by atoms with Gasteiger partial charge in [0.2, 0.25) is 5.88 Å². The maximum atomic E-state index is 12.7. The molecule has 6 nitrogen and oxygen atoms in total. The van der Waals surface area contributed by atoms with E-state index in [2.05, 4.69) is 10.3 Å². The molecule has 1 spiro atoms. The van der Waals surface area contributed by atoms with Gasteiger partial charge in [-0.05, 0) is 45.2 Å². The molecule has 132 valence electrons. The van der Waals surface area contributed by atoms with E-state index in [1.807, 2.05) is 19.9 Å². The fourth-order valence-corrected chi connectivity index (χ4v) is 3.90. The Morgan fingerprint density at radius 3 is 2.83 bits per heavy atom. The molecule has 1 aromatic rings. The van der Waals surface area contributed by atoms with Crippen LogP contribution in [0, 0.1) is 12.3 Å². The Morgan fingerprint density at radius 2 is 2.17 bits per heavy atom. The molecule has 1 saturated carbocycles. The summed E-state index contributed by atoms with van der Waals surface area (Å²) in [5.41, 5.74) is 1.30. The van der Waals surface area contributed by atoms with Crippen molar-refractivity contribution in [2.24, 2.45) is 5.41 Å². The van der Waals surface area contributed by atoms with E-state index >= 15 is 0 Å². The number of nitrogens with one attached hydrogen (secondary N) is 1. The lowest BCUT2D eigenvalue weighted by Gasteiger charge is -2.57. The molecule has 6 heteroatoms. The number of hydrogen-bond donors (Lipinski definition) is 1. The third-order valence-corrected chi connectivity index (χ3v) is 5.32. The molecule has 2 aliphatic rings. The van der Waals surface area contributed by atoms with Gasteiger partial charge in [-0.1, -0.05) is 0 Å². The number of aryl methyl sites for hydroxylation is 1. The summed E-state index contributed by atoms with van der Waals surface area (Å²) >= 11 is 0. The number of ether oxygens (including phenoxy) is 3. The lowest BCUT2D eigenvalue weighted by molar-refractivity contribution is -0.170. The number of carbonyl (C=O) groups excluding carboxylic acids is 1. The molecular formula is C18H26N2O4. The summed E-state index contributed by atoms with van der Waals surface area (Å²) in [6.45, 7) is 6.04. The Labute approximate surface area is 142 Å². The second kappa shape index (κ2) is 7.07. The summed E-state index contributed by atoms with van der Waals surface area (Å²) in [5.74, 6) is 0.236. The number of hydrogen-bond acceptors (Lipinski definition) is 5. The largest absolute Gasteiger partial charge is 0.480 e. The molecule has 1 aliphatic carbocycles. The normalized spacial score (nSPS) is 25.1. The van der Waals surface area contributed by atoms with Gasteiger partial charge >= 0.3 is 0 Å². The highest BCUT2D eigenvalue weighted by atomic mass is 16.5. The quantitative estimate of drug-likeness (QED) is 0.893. The lowest BCUT2D eigenvalue weighted by Crippen LogP contribution is -2.66. The SMILES string of the molecule is CCO[C@@H]1C[C@@H](NC(=O)c2ccc(C)nc2OC)C12CCOCC2. The van der Waals surface area contributed by atoms with Gasteiger partial charge in [-0.2, -0.15) is 0 Å². The molecule has 1 N–H and O–H groups in total. The molecule has 1 amide bonds. The molecule has 3 rings (SSSR count). The third kappa shape index (κ3) is 3.00. The number of carbonyl (C=O) groups is 1. The molecule has 0 radical (unpaired) electrons. The molecule has 2 fully saturated rings. The highest BCUT2D eigenvalue weighted by molar-refractivity contribution is 5.96. The molecule has 0 bridgehead atoms. The zero-order valence-corrected chi connectivity index (χ0v) is 14.6. The Hall–Kier alpha value is -1.66. The van der Waals surface area contributed by atoms with Crippen molar-refractivity contribution < 1.29 is 19.0 Å². The Balaban J connectivity index is 1.74. The van der Waals surface area contributed by atoms with E-state index in [-0.39, 0.29) is 23.5 Å². The van der Waals surface area contributed by atoms with Crippen molar-refractivity contribution >= 4 is 5.91 Å². The Kier molecular flexibility index (Phi) is 5.06. The highest BCUT2D eigenvalue weighted by Crippen LogP contribution is 2.50. The molecule has 2 heterocycles. The second-order valence-corrected chi connectivity index (χ2v) is 6.56. The van der Waals surface area contributed by atoms with Crippen molar-refractivity contribution in [3.05, 3.63) is 23.4 Å². The number of rotatable bonds is 5. The molecular weight excluding hydrogens is 308 g/mol. The van der Waals surface area contributed by atoms with E-state index in [0.717, 1.165) is 38.2 Å². The maximum Gasteiger partial charge on any atom is 0.257 e. The van der Waals surface area contributed by atoms with Crippen LogP contribution in [0.15, 0.2) is 12.1 Å². The predicted molar refractivity (Wildman–Crippen MR) is 89.3 cm³/mol. The number of pyridine rings is 1. The van der Waals surface area contributed by atoms with Crippen molar-refractivity contribution in [3.8, 4) is 5.88 Å². The Morgan fingerprint density at radius 1 is 1.42 bits per heavy atom. The Bertz CT molecular complexity index is 599. The smallest absolute Gasteiger partial charge is 0.257 e. The number of nitrogens with zero attached hydrogens (tertiary/aromatic N) is 1. The van der Waals surface area contributed by atoms with Crippen LogP contribution in [0.5, 0.6) is 5.88 Å². The van der Waals surface area contributed by atoms with Crippen LogP contribution in [0.4, 0.5) is 0 Å². The minimum Gasteiger partial charge on any atom is -0.480 e. The minimum atomic E-state index is -0.134. The molecule has 2 atom stereocenters. The standard InChI is InChI=1S/C18H26N2O4/c1-4-24-15-11-14(18(15)7-9-23-10-8-18)20-16(21)13-6-5-12(2)19-17(13)22-3/h5-6,14-15H,4,7-11H2,1-3H3,(H,20,21)/t14-,15-/m1/s1. The molecule has 24 heavy (non-hydrogen) atoms. The molecule has 1 aliphatic heterocycles. The first-order valence-electron chi connectivity index (χ1n) is 8.62. The first-order valence-corrected chi connectivity index (χ1v) is 8.62. The van der Waals surface area contributed by atoms with Crippen LogP contribution in [0.3, 0.4) is 0 Å². The van der Waals surface area contributed by atoms with Gasteiger partial charge in [0.1, 0.15) is 5.56 Å². The fraction of sp³-hybridized carbons (Fsp3) is 0.667. The predicted octanol–water partition coefficient (Wildman–Crippen LogP) is 2.10. The van der Waals surface area contributed by atoms with E-state index in [1.54, 1.807) is 6.07 Å². The number of aromatic nitrogens is 1. The average Bonchev–Trinajstić information content (AvgIpc) is 2.61. The van der Waals surface area contributed by atoms with Crippen LogP contribution in [-0.2, 0) is 9.47 Å². The van der Waals surface area contributed by atoms with Crippen LogP contribution in [0.2, 0.25) is 0 Å². The summed E-state index contributed by atoms with van der Waals surface area (Å²) in [7, 11) is 1.53.